The standard InChI is InChI=1S/C17H20F2N2O2S/c18-17(19)10-21(11-17)14(22)12-3-1-5-16(12)6-7-20(9-16)15(23)13-4-2-8-24-13/h2,4,8,12H,1,3,5-7,9-11H2/t12-,16-/m1/s1. The van der Waals surface area contributed by atoms with E-state index in [2.05, 4.69) is 0 Å². The van der Waals surface area contributed by atoms with Crippen LogP contribution in [0.1, 0.15) is 35.4 Å². The van der Waals surface area contributed by atoms with Crippen molar-refractivity contribution in [3.05, 3.63) is 22.4 Å². The molecule has 1 spiro atoms. The van der Waals surface area contributed by atoms with Gasteiger partial charge in [0.2, 0.25) is 5.91 Å². The second kappa shape index (κ2) is 5.51. The SMILES string of the molecule is O=C(c1cccs1)N1CC[C@]2(CCC[C@@H]2C(=O)N2CC(F)(F)C2)C1. The minimum Gasteiger partial charge on any atom is -0.337 e. The van der Waals surface area contributed by atoms with Crippen molar-refractivity contribution in [1.82, 2.24) is 9.80 Å². The van der Waals surface area contributed by atoms with Crippen LogP contribution in [0.5, 0.6) is 0 Å². The van der Waals surface area contributed by atoms with Crippen LogP contribution < -0.4 is 0 Å². The second-order valence-corrected chi connectivity index (χ2v) is 8.26. The fourth-order valence-corrected chi connectivity index (χ4v) is 5.22. The van der Waals surface area contributed by atoms with E-state index in [1.54, 1.807) is 0 Å². The van der Waals surface area contributed by atoms with Gasteiger partial charge in [0.05, 0.1) is 18.0 Å². The Morgan fingerprint density at radius 1 is 1.17 bits per heavy atom. The highest BCUT2D eigenvalue weighted by Crippen LogP contribution is 2.51. The average Bonchev–Trinajstić information content (AvgIpc) is 3.25. The lowest BCUT2D eigenvalue weighted by atomic mass is 9.76. The Balaban J connectivity index is 1.47. The molecule has 7 heteroatoms. The lowest BCUT2D eigenvalue weighted by Gasteiger charge is -2.42. The van der Waals surface area contributed by atoms with Gasteiger partial charge in [0.15, 0.2) is 0 Å². The number of likely N-dealkylation sites (tertiary alicyclic amines) is 2. The van der Waals surface area contributed by atoms with Crippen LogP contribution >= 0.6 is 11.3 Å². The monoisotopic (exact) mass is 354 g/mol. The summed E-state index contributed by atoms with van der Waals surface area (Å²) in [6.07, 6.45) is 3.39. The molecule has 2 saturated heterocycles. The summed E-state index contributed by atoms with van der Waals surface area (Å²) < 4.78 is 26.2. The van der Waals surface area contributed by atoms with Gasteiger partial charge in [-0.15, -0.1) is 11.3 Å². The Morgan fingerprint density at radius 3 is 2.62 bits per heavy atom. The first-order valence-corrected chi connectivity index (χ1v) is 9.28. The number of carbonyl (C=O) groups is 2. The summed E-state index contributed by atoms with van der Waals surface area (Å²) in [6.45, 7) is 0.327. The first-order valence-electron chi connectivity index (χ1n) is 8.40. The van der Waals surface area contributed by atoms with Crippen LogP contribution in [0.3, 0.4) is 0 Å². The first-order chi connectivity index (χ1) is 11.4. The van der Waals surface area contributed by atoms with Crippen LogP contribution in [0.25, 0.3) is 0 Å². The third-order valence-electron chi connectivity index (χ3n) is 5.77. The van der Waals surface area contributed by atoms with Gasteiger partial charge in [0, 0.05) is 24.4 Å². The predicted molar refractivity (Wildman–Crippen MR) is 86.1 cm³/mol. The van der Waals surface area contributed by atoms with Crippen LogP contribution in [0.15, 0.2) is 17.5 Å². The number of hydrogen-bond donors (Lipinski definition) is 0. The van der Waals surface area contributed by atoms with Gasteiger partial charge in [-0.3, -0.25) is 9.59 Å². The molecule has 1 saturated carbocycles. The van der Waals surface area contributed by atoms with Gasteiger partial charge in [-0.25, -0.2) is 8.78 Å². The molecule has 0 N–H and O–H groups in total. The minimum atomic E-state index is -2.72. The quantitative estimate of drug-likeness (QED) is 0.819. The van der Waals surface area contributed by atoms with Crippen LogP contribution in [-0.4, -0.2) is 53.7 Å². The fourth-order valence-electron chi connectivity index (χ4n) is 4.53. The number of hydrogen-bond acceptors (Lipinski definition) is 3. The predicted octanol–water partition coefficient (Wildman–Crippen LogP) is 2.86. The van der Waals surface area contributed by atoms with E-state index >= 15 is 0 Å². The topological polar surface area (TPSA) is 40.6 Å². The van der Waals surface area contributed by atoms with Gasteiger partial charge >= 0.3 is 0 Å². The van der Waals surface area contributed by atoms with Crippen molar-refractivity contribution in [2.75, 3.05) is 26.2 Å². The van der Waals surface area contributed by atoms with Crippen LogP contribution in [0, 0.1) is 11.3 Å². The largest absolute Gasteiger partial charge is 0.337 e. The maximum atomic E-state index is 13.1. The van der Waals surface area contributed by atoms with Crippen molar-refractivity contribution in [3.63, 3.8) is 0 Å². The Bertz CT molecular complexity index is 656. The fraction of sp³-hybridized carbons (Fsp3) is 0.647. The Morgan fingerprint density at radius 2 is 1.96 bits per heavy atom. The lowest BCUT2D eigenvalue weighted by molar-refractivity contribution is -0.172. The molecule has 0 unspecified atom stereocenters. The van der Waals surface area contributed by atoms with Crippen LogP contribution in [0.2, 0.25) is 0 Å². The summed E-state index contributed by atoms with van der Waals surface area (Å²) in [5.74, 6) is -3.05. The van der Waals surface area contributed by atoms with Crippen molar-refractivity contribution < 1.29 is 18.4 Å². The summed E-state index contributed by atoms with van der Waals surface area (Å²) in [4.78, 5) is 29.1. The van der Waals surface area contributed by atoms with E-state index in [1.165, 1.54) is 16.2 Å². The van der Waals surface area contributed by atoms with E-state index in [1.807, 2.05) is 22.4 Å². The van der Waals surface area contributed by atoms with Gasteiger partial charge in [-0.2, -0.15) is 0 Å². The zero-order valence-corrected chi connectivity index (χ0v) is 14.2. The van der Waals surface area contributed by atoms with Gasteiger partial charge < -0.3 is 9.80 Å². The third-order valence-corrected chi connectivity index (χ3v) is 6.62. The highest BCUT2D eigenvalue weighted by molar-refractivity contribution is 7.12. The van der Waals surface area contributed by atoms with Crippen molar-refractivity contribution in [2.45, 2.75) is 31.6 Å². The lowest BCUT2D eigenvalue weighted by Crippen LogP contribution is -2.60. The van der Waals surface area contributed by atoms with E-state index in [0.29, 0.717) is 13.1 Å². The summed E-state index contributed by atoms with van der Waals surface area (Å²) in [6, 6.07) is 3.67. The Kier molecular flexibility index (Phi) is 3.67. The van der Waals surface area contributed by atoms with E-state index in [-0.39, 0.29) is 23.1 Å². The number of carbonyl (C=O) groups excluding carboxylic acids is 2. The number of halogens is 2. The third kappa shape index (κ3) is 2.53. The molecule has 3 fully saturated rings. The molecule has 2 amide bonds. The van der Waals surface area contributed by atoms with Gasteiger partial charge in [0.1, 0.15) is 0 Å². The van der Waals surface area contributed by atoms with Crippen molar-refractivity contribution >= 4 is 23.2 Å². The van der Waals surface area contributed by atoms with Gasteiger partial charge in [-0.05, 0) is 30.7 Å². The normalized spacial score (nSPS) is 31.5. The molecule has 4 rings (SSSR count). The molecule has 3 aliphatic rings. The molecule has 1 aromatic rings. The second-order valence-electron chi connectivity index (χ2n) is 7.31. The molecule has 0 aromatic carbocycles. The van der Waals surface area contributed by atoms with E-state index < -0.39 is 19.0 Å². The van der Waals surface area contributed by atoms with E-state index in [0.717, 1.165) is 30.6 Å². The maximum Gasteiger partial charge on any atom is 0.282 e. The van der Waals surface area contributed by atoms with Gasteiger partial charge in [0.25, 0.3) is 11.8 Å². The Labute approximate surface area is 143 Å². The molecule has 3 heterocycles. The molecule has 4 nitrogen and oxygen atoms in total. The molecule has 2 atom stereocenters. The smallest absolute Gasteiger partial charge is 0.282 e. The number of amides is 2. The average molecular weight is 354 g/mol. The molecule has 24 heavy (non-hydrogen) atoms. The maximum absolute atomic E-state index is 13.1. The van der Waals surface area contributed by atoms with E-state index in [4.69, 9.17) is 0 Å². The zero-order valence-electron chi connectivity index (χ0n) is 13.3. The summed E-state index contributed by atoms with van der Waals surface area (Å²) >= 11 is 1.42. The highest BCUT2D eigenvalue weighted by atomic mass is 32.1. The molecule has 2 aliphatic heterocycles. The molecule has 0 radical (unpaired) electrons. The number of nitrogens with zero attached hydrogens (tertiary/aromatic N) is 2. The first kappa shape index (κ1) is 16.0. The van der Waals surface area contributed by atoms with E-state index in [9.17, 15) is 18.4 Å². The summed E-state index contributed by atoms with van der Waals surface area (Å²) in [7, 11) is 0. The zero-order chi connectivity index (χ0) is 16.9. The number of thiophene rings is 1. The number of rotatable bonds is 2. The van der Waals surface area contributed by atoms with Crippen molar-refractivity contribution in [2.24, 2.45) is 11.3 Å². The minimum absolute atomic E-state index is 0.0236. The summed E-state index contributed by atoms with van der Waals surface area (Å²) in [5, 5.41) is 1.88. The highest BCUT2D eigenvalue weighted by Gasteiger charge is 2.55. The summed E-state index contributed by atoms with van der Waals surface area (Å²) in [5.41, 5.74) is -0.213. The van der Waals surface area contributed by atoms with Crippen molar-refractivity contribution in [1.29, 1.82) is 0 Å². The molecular weight excluding hydrogens is 334 g/mol. The molecule has 130 valence electrons. The molecule has 0 bridgehead atoms. The van der Waals surface area contributed by atoms with Crippen molar-refractivity contribution in [3.8, 4) is 0 Å². The molecule has 1 aromatic heterocycles. The van der Waals surface area contributed by atoms with Crippen LogP contribution in [0.4, 0.5) is 8.78 Å². The van der Waals surface area contributed by atoms with Crippen LogP contribution in [-0.2, 0) is 4.79 Å². The molecule has 1 aliphatic carbocycles. The molecular formula is C17H20F2N2O2S. The van der Waals surface area contributed by atoms with Gasteiger partial charge in [-0.1, -0.05) is 12.5 Å². The Hall–Kier alpha value is -1.50. The number of alkyl halides is 2.